The molecular weight excluding hydrogens is 228 g/mol. The predicted molar refractivity (Wildman–Crippen MR) is 72.6 cm³/mol. The van der Waals surface area contributed by atoms with Gasteiger partial charge < -0.3 is 4.74 Å². The molecule has 0 aliphatic heterocycles. The van der Waals surface area contributed by atoms with Crippen molar-refractivity contribution in [3.63, 3.8) is 0 Å². The summed E-state index contributed by atoms with van der Waals surface area (Å²) in [4.78, 5) is 11.6. The van der Waals surface area contributed by atoms with Crippen LogP contribution in [0.1, 0.15) is 27.2 Å². The van der Waals surface area contributed by atoms with Crippen LogP contribution in [-0.4, -0.2) is 18.2 Å². The minimum Gasteiger partial charge on any atom is -0.481 e. The minimum absolute atomic E-state index is 0.251. The summed E-state index contributed by atoms with van der Waals surface area (Å²) in [6.45, 7) is 5.88. The van der Waals surface area contributed by atoms with E-state index in [1.165, 1.54) is 0 Å². The predicted octanol–water partition coefficient (Wildman–Crippen LogP) is 2.60. The number of benzene rings is 1. The van der Waals surface area contributed by atoms with Gasteiger partial charge in [0.05, 0.1) is 0 Å². The quantitative estimate of drug-likeness (QED) is 0.621. The van der Waals surface area contributed by atoms with E-state index in [9.17, 15) is 4.79 Å². The van der Waals surface area contributed by atoms with E-state index in [1.807, 2.05) is 30.3 Å². The Labute approximate surface area is 108 Å². The number of rotatable bonds is 6. The summed E-state index contributed by atoms with van der Waals surface area (Å²) in [5, 5.41) is 3.87. The van der Waals surface area contributed by atoms with E-state index in [1.54, 1.807) is 13.1 Å². The molecule has 1 aromatic carbocycles. The van der Waals surface area contributed by atoms with Gasteiger partial charge in [-0.25, -0.2) is 5.43 Å². The third-order valence-corrected chi connectivity index (χ3v) is 2.27. The van der Waals surface area contributed by atoms with Gasteiger partial charge >= 0.3 is 0 Å². The summed E-state index contributed by atoms with van der Waals surface area (Å²) < 4.78 is 5.47. The first-order chi connectivity index (χ1) is 8.59. The van der Waals surface area contributed by atoms with E-state index in [0.717, 1.165) is 6.42 Å². The van der Waals surface area contributed by atoms with Gasteiger partial charge in [0.15, 0.2) is 6.10 Å². The first kappa shape index (κ1) is 14.2. The van der Waals surface area contributed by atoms with Gasteiger partial charge in [-0.1, -0.05) is 32.0 Å². The lowest BCUT2D eigenvalue weighted by atomic mass is 10.2. The lowest BCUT2D eigenvalue weighted by Gasteiger charge is -2.12. The van der Waals surface area contributed by atoms with Crippen molar-refractivity contribution < 1.29 is 9.53 Å². The highest BCUT2D eigenvalue weighted by Gasteiger charge is 2.13. The van der Waals surface area contributed by atoms with Crippen LogP contribution in [0.25, 0.3) is 0 Å². The molecule has 0 aliphatic carbocycles. The van der Waals surface area contributed by atoms with Gasteiger partial charge in [0.1, 0.15) is 5.75 Å². The summed E-state index contributed by atoms with van der Waals surface area (Å²) in [7, 11) is 0. The summed E-state index contributed by atoms with van der Waals surface area (Å²) in [6, 6.07) is 9.24. The molecule has 0 aliphatic rings. The minimum atomic E-state index is -0.566. The molecule has 0 saturated carbocycles. The molecule has 4 heteroatoms. The van der Waals surface area contributed by atoms with Crippen molar-refractivity contribution in [3.05, 3.63) is 30.3 Å². The molecule has 0 bridgehead atoms. The normalized spacial score (nSPS) is 12.7. The maximum Gasteiger partial charge on any atom is 0.280 e. The Morgan fingerprint density at radius 2 is 2.00 bits per heavy atom. The summed E-state index contributed by atoms with van der Waals surface area (Å²) in [5.41, 5.74) is 2.46. The molecule has 1 N–H and O–H groups in total. The average Bonchev–Trinajstić information content (AvgIpc) is 2.35. The lowest BCUT2D eigenvalue weighted by molar-refractivity contribution is -0.127. The van der Waals surface area contributed by atoms with Crippen LogP contribution in [-0.2, 0) is 4.79 Å². The van der Waals surface area contributed by atoms with Crippen molar-refractivity contribution in [2.24, 2.45) is 11.0 Å². The van der Waals surface area contributed by atoms with Gasteiger partial charge in [0.2, 0.25) is 0 Å². The molecule has 98 valence electrons. The number of hydrogen-bond donors (Lipinski definition) is 1. The highest BCUT2D eigenvalue weighted by Crippen LogP contribution is 2.10. The van der Waals surface area contributed by atoms with Crippen LogP contribution in [0.5, 0.6) is 5.75 Å². The second-order valence-electron chi connectivity index (χ2n) is 4.49. The van der Waals surface area contributed by atoms with Gasteiger partial charge in [-0.05, 0) is 31.4 Å². The van der Waals surface area contributed by atoms with E-state index < -0.39 is 6.10 Å². The fourth-order valence-corrected chi connectivity index (χ4v) is 1.22. The van der Waals surface area contributed by atoms with Crippen LogP contribution in [0.15, 0.2) is 35.4 Å². The van der Waals surface area contributed by atoms with E-state index >= 15 is 0 Å². The van der Waals surface area contributed by atoms with Crippen molar-refractivity contribution in [1.82, 2.24) is 5.43 Å². The monoisotopic (exact) mass is 248 g/mol. The fourth-order valence-electron chi connectivity index (χ4n) is 1.22. The second kappa shape index (κ2) is 7.48. The molecular formula is C14H20N2O2. The highest BCUT2D eigenvalue weighted by molar-refractivity contribution is 5.81. The van der Waals surface area contributed by atoms with Gasteiger partial charge in [-0.3, -0.25) is 4.79 Å². The zero-order valence-corrected chi connectivity index (χ0v) is 11.1. The lowest BCUT2D eigenvalue weighted by Crippen LogP contribution is -2.33. The number of amides is 1. The maximum atomic E-state index is 11.6. The molecule has 1 unspecified atom stereocenters. The highest BCUT2D eigenvalue weighted by atomic mass is 16.5. The third-order valence-electron chi connectivity index (χ3n) is 2.27. The molecule has 1 atom stereocenters. The molecule has 1 amide bonds. The number of nitrogens with one attached hydrogen (secondary N) is 1. The molecule has 18 heavy (non-hydrogen) atoms. The van der Waals surface area contributed by atoms with Crippen LogP contribution in [0.4, 0.5) is 0 Å². The number of carbonyl (C=O) groups is 1. The smallest absolute Gasteiger partial charge is 0.280 e. The van der Waals surface area contributed by atoms with Gasteiger partial charge in [0.25, 0.3) is 5.91 Å². The molecule has 0 spiro atoms. The SMILES string of the molecule is CC(C)CC=NNC(=O)C(C)Oc1ccccc1. The van der Waals surface area contributed by atoms with Crippen molar-refractivity contribution in [2.75, 3.05) is 0 Å². The molecule has 0 radical (unpaired) electrons. The van der Waals surface area contributed by atoms with Gasteiger partial charge in [0, 0.05) is 6.21 Å². The molecule has 0 aromatic heterocycles. The Bertz CT molecular complexity index is 388. The van der Waals surface area contributed by atoms with Crippen molar-refractivity contribution >= 4 is 12.1 Å². The Kier molecular flexibility index (Phi) is 5.91. The summed E-state index contributed by atoms with van der Waals surface area (Å²) in [6.07, 6.45) is 1.98. The van der Waals surface area contributed by atoms with E-state index in [0.29, 0.717) is 11.7 Å². The van der Waals surface area contributed by atoms with Crippen molar-refractivity contribution in [3.8, 4) is 5.75 Å². The van der Waals surface area contributed by atoms with E-state index in [-0.39, 0.29) is 5.91 Å². The zero-order chi connectivity index (χ0) is 13.4. The molecule has 1 rings (SSSR count). The number of hydrogen-bond acceptors (Lipinski definition) is 3. The van der Waals surface area contributed by atoms with Crippen molar-refractivity contribution in [2.45, 2.75) is 33.3 Å². The zero-order valence-electron chi connectivity index (χ0n) is 11.1. The topological polar surface area (TPSA) is 50.7 Å². The molecule has 0 fully saturated rings. The number of hydrazone groups is 1. The largest absolute Gasteiger partial charge is 0.481 e. The van der Waals surface area contributed by atoms with Crippen LogP contribution in [0.2, 0.25) is 0 Å². The Morgan fingerprint density at radius 3 is 2.61 bits per heavy atom. The van der Waals surface area contributed by atoms with Crippen LogP contribution < -0.4 is 10.2 Å². The number of ether oxygens (including phenoxy) is 1. The van der Waals surface area contributed by atoms with Crippen LogP contribution in [0, 0.1) is 5.92 Å². The second-order valence-corrected chi connectivity index (χ2v) is 4.49. The first-order valence-electron chi connectivity index (χ1n) is 6.12. The van der Waals surface area contributed by atoms with Crippen LogP contribution >= 0.6 is 0 Å². The maximum absolute atomic E-state index is 11.6. The van der Waals surface area contributed by atoms with E-state index in [4.69, 9.17) is 4.74 Å². The van der Waals surface area contributed by atoms with Crippen LogP contribution in [0.3, 0.4) is 0 Å². The average molecular weight is 248 g/mol. The van der Waals surface area contributed by atoms with E-state index in [2.05, 4.69) is 24.4 Å². The molecule has 1 aromatic rings. The number of para-hydroxylation sites is 1. The summed E-state index contributed by atoms with van der Waals surface area (Å²) in [5.74, 6) is 0.953. The van der Waals surface area contributed by atoms with Crippen molar-refractivity contribution in [1.29, 1.82) is 0 Å². The first-order valence-corrected chi connectivity index (χ1v) is 6.12. The number of carbonyl (C=O) groups excluding carboxylic acids is 1. The Morgan fingerprint density at radius 1 is 1.33 bits per heavy atom. The standard InChI is InChI=1S/C14H20N2O2/c1-11(2)9-10-15-16-14(17)12(3)18-13-7-5-4-6-8-13/h4-8,10-12H,9H2,1-3H3,(H,16,17). The van der Waals surface area contributed by atoms with Gasteiger partial charge in [-0.2, -0.15) is 5.10 Å². The molecule has 0 saturated heterocycles. The fraction of sp³-hybridized carbons (Fsp3) is 0.429. The third kappa shape index (κ3) is 5.48. The number of nitrogens with zero attached hydrogens (tertiary/aromatic N) is 1. The Balaban J connectivity index is 2.35. The van der Waals surface area contributed by atoms with Gasteiger partial charge in [-0.15, -0.1) is 0 Å². The molecule has 0 heterocycles. The molecule has 4 nitrogen and oxygen atoms in total. The Hall–Kier alpha value is -1.84. The summed E-state index contributed by atoms with van der Waals surface area (Å²) >= 11 is 0.